The van der Waals surface area contributed by atoms with E-state index < -0.39 is 15.8 Å². The number of piperidine rings is 1. The lowest BCUT2D eigenvalue weighted by Crippen LogP contribution is -2.38. The van der Waals surface area contributed by atoms with Gasteiger partial charge < -0.3 is 0 Å². The van der Waals surface area contributed by atoms with Gasteiger partial charge in [0.2, 0.25) is 10.0 Å². The summed E-state index contributed by atoms with van der Waals surface area (Å²) in [6.45, 7) is 3.21. The molecule has 1 fully saturated rings. The highest BCUT2D eigenvalue weighted by atomic mass is 35.5. The van der Waals surface area contributed by atoms with Crippen LogP contribution in [0.2, 0.25) is 5.02 Å². The summed E-state index contributed by atoms with van der Waals surface area (Å²) in [5.41, 5.74) is 1.29. The molecule has 0 aliphatic carbocycles. The molecule has 1 N–H and O–H groups in total. The van der Waals surface area contributed by atoms with Crippen molar-refractivity contribution >= 4 is 21.6 Å². The molecule has 4 nitrogen and oxygen atoms in total. The first kappa shape index (κ1) is 19.3. The Balaban J connectivity index is 1.49. The van der Waals surface area contributed by atoms with Crippen LogP contribution in [-0.2, 0) is 16.6 Å². The van der Waals surface area contributed by atoms with E-state index in [1.54, 1.807) is 0 Å². The maximum Gasteiger partial charge on any atom is 0.240 e. The third-order valence-electron chi connectivity index (χ3n) is 4.72. The summed E-state index contributed by atoms with van der Waals surface area (Å²) in [5.74, 6) is -0.330. The van der Waals surface area contributed by atoms with Gasteiger partial charge in [-0.25, -0.2) is 17.5 Å². The van der Waals surface area contributed by atoms with Crippen molar-refractivity contribution in [2.24, 2.45) is 5.92 Å². The SMILES string of the molecule is O=S(=O)(NCC1CCN(Cc2ccccc2)CC1)c1ccc(F)c(Cl)c1. The predicted molar refractivity (Wildman–Crippen MR) is 101 cm³/mol. The van der Waals surface area contributed by atoms with E-state index in [1.807, 2.05) is 18.2 Å². The van der Waals surface area contributed by atoms with Crippen molar-refractivity contribution in [3.05, 3.63) is 64.9 Å². The number of sulfonamides is 1. The summed E-state index contributed by atoms with van der Waals surface area (Å²) >= 11 is 5.68. The van der Waals surface area contributed by atoms with Crippen molar-refractivity contribution in [3.8, 4) is 0 Å². The second kappa shape index (κ2) is 8.48. The minimum absolute atomic E-state index is 0.00888. The first-order chi connectivity index (χ1) is 12.4. The van der Waals surface area contributed by atoms with Crippen LogP contribution in [0.3, 0.4) is 0 Å². The maximum atomic E-state index is 13.2. The van der Waals surface area contributed by atoms with Gasteiger partial charge in [0, 0.05) is 13.1 Å². The van der Waals surface area contributed by atoms with E-state index in [4.69, 9.17) is 11.6 Å². The molecule has 140 valence electrons. The van der Waals surface area contributed by atoms with Crippen LogP contribution in [0.4, 0.5) is 4.39 Å². The van der Waals surface area contributed by atoms with Gasteiger partial charge in [0.05, 0.1) is 9.92 Å². The largest absolute Gasteiger partial charge is 0.299 e. The highest BCUT2D eigenvalue weighted by molar-refractivity contribution is 7.89. The Morgan fingerprint density at radius 1 is 1.12 bits per heavy atom. The number of benzene rings is 2. The Bertz CT molecular complexity index is 838. The molecule has 0 aromatic heterocycles. The lowest BCUT2D eigenvalue weighted by Gasteiger charge is -2.32. The number of nitrogens with zero attached hydrogens (tertiary/aromatic N) is 1. The van der Waals surface area contributed by atoms with Crippen molar-refractivity contribution in [2.75, 3.05) is 19.6 Å². The van der Waals surface area contributed by atoms with Crippen LogP contribution in [-0.4, -0.2) is 33.0 Å². The molecular weight excluding hydrogens is 375 g/mol. The predicted octanol–water partition coefficient (Wildman–Crippen LogP) is 3.67. The molecule has 2 aromatic rings. The van der Waals surface area contributed by atoms with E-state index in [9.17, 15) is 12.8 Å². The molecule has 0 spiro atoms. The Morgan fingerprint density at radius 2 is 1.81 bits per heavy atom. The van der Waals surface area contributed by atoms with Crippen molar-refractivity contribution in [3.63, 3.8) is 0 Å². The zero-order valence-corrected chi connectivity index (χ0v) is 15.9. The summed E-state index contributed by atoms with van der Waals surface area (Å²) < 4.78 is 40.5. The quantitative estimate of drug-likeness (QED) is 0.810. The Hall–Kier alpha value is -1.47. The zero-order valence-electron chi connectivity index (χ0n) is 14.4. The fourth-order valence-corrected chi connectivity index (χ4v) is 4.53. The number of halogens is 2. The number of hydrogen-bond donors (Lipinski definition) is 1. The first-order valence-corrected chi connectivity index (χ1v) is 10.5. The van der Waals surface area contributed by atoms with Crippen LogP contribution >= 0.6 is 11.6 Å². The molecule has 1 aliphatic rings. The fourth-order valence-electron chi connectivity index (χ4n) is 3.15. The Kier molecular flexibility index (Phi) is 6.29. The molecule has 0 radical (unpaired) electrons. The van der Waals surface area contributed by atoms with Gasteiger partial charge >= 0.3 is 0 Å². The molecule has 0 amide bonds. The highest BCUT2D eigenvalue weighted by Gasteiger charge is 2.22. The van der Waals surface area contributed by atoms with Gasteiger partial charge in [-0.05, 0) is 55.6 Å². The maximum absolute atomic E-state index is 13.2. The summed E-state index contributed by atoms with van der Waals surface area (Å²) in [4.78, 5) is 2.38. The molecule has 7 heteroatoms. The van der Waals surface area contributed by atoms with Crippen molar-refractivity contribution in [1.82, 2.24) is 9.62 Å². The lowest BCUT2D eigenvalue weighted by atomic mass is 9.97. The van der Waals surface area contributed by atoms with Gasteiger partial charge in [0.25, 0.3) is 0 Å². The third kappa shape index (κ3) is 5.04. The molecular formula is C19H22ClFN2O2S. The highest BCUT2D eigenvalue weighted by Crippen LogP contribution is 2.21. The van der Waals surface area contributed by atoms with Gasteiger partial charge in [-0.3, -0.25) is 4.90 Å². The Labute approximate surface area is 159 Å². The van der Waals surface area contributed by atoms with Crippen LogP contribution < -0.4 is 4.72 Å². The molecule has 1 heterocycles. The van der Waals surface area contributed by atoms with Crippen molar-refractivity contribution in [2.45, 2.75) is 24.3 Å². The van der Waals surface area contributed by atoms with Crippen molar-refractivity contribution < 1.29 is 12.8 Å². The van der Waals surface area contributed by atoms with E-state index in [0.29, 0.717) is 12.5 Å². The second-order valence-corrected chi connectivity index (χ2v) is 8.81. The molecule has 1 saturated heterocycles. The summed E-state index contributed by atoms with van der Waals surface area (Å²) in [6.07, 6.45) is 1.89. The molecule has 2 aromatic carbocycles. The van der Waals surface area contributed by atoms with Gasteiger partial charge in [-0.15, -0.1) is 0 Å². The molecule has 1 aliphatic heterocycles. The Morgan fingerprint density at radius 3 is 2.46 bits per heavy atom. The molecule has 0 atom stereocenters. The standard InChI is InChI=1S/C19H22ClFN2O2S/c20-18-12-17(6-7-19(18)21)26(24,25)22-13-15-8-10-23(11-9-15)14-16-4-2-1-3-5-16/h1-7,12,15,22H,8-11,13-14H2. The van der Waals surface area contributed by atoms with Crippen LogP contribution in [0.1, 0.15) is 18.4 Å². The van der Waals surface area contributed by atoms with E-state index in [1.165, 1.54) is 11.6 Å². The zero-order chi connectivity index (χ0) is 18.6. The molecule has 0 unspecified atom stereocenters. The molecule has 0 bridgehead atoms. The van der Waals surface area contributed by atoms with E-state index >= 15 is 0 Å². The monoisotopic (exact) mass is 396 g/mol. The van der Waals surface area contributed by atoms with Gasteiger partial charge in [-0.1, -0.05) is 41.9 Å². The van der Waals surface area contributed by atoms with Crippen LogP contribution in [0.5, 0.6) is 0 Å². The number of rotatable bonds is 6. The van der Waals surface area contributed by atoms with E-state index in [2.05, 4.69) is 21.8 Å². The smallest absolute Gasteiger partial charge is 0.240 e. The van der Waals surface area contributed by atoms with Crippen LogP contribution in [0.25, 0.3) is 0 Å². The van der Waals surface area contributed by atoms with E-state index in [-0.39, 0.29) is 9.92 Å². The van der Waals surface area contributed by atoms with E-state index in [0.717, 1.165) is 44.6 Å². The minimum atomic E-state index is -3.68. The first-order valence-electron chi connectivity index (χ1n) is 8.65. The van der Waals surface area contributed by atoms with Gasteiger partial charge in [0.1, 0.15) is 5.82 Å². The van der Waals surface area contributed by atoms with Crippen LogP contribution in [0.15, 0.2) is 53.4 Å². The topological polar surface area (TPSA) is 49.4 Å². The summed E-state index contributed by atoms with van der Waals surface area (Å²) in [6, 6.07) is 13.8. The molecule has 3 rings (SSSR count). The van der Waals surface area contributed by atoms with Gasteiger partial charge in [-0.2, -0.15) is 0 Å². The minimum Gasteiger partial charge on any atom is -0.299 e. The third-order valence-corrected chi connectivity index (χ3v) is 6.43. The number of hydrogen-bond acceptors (Lipinski definition) is 3. The normalized spacial score (nSPS) is 16.7. The van der Waals surface area contributed by atoms with Crippen molar-refractivity contribution in [1.29, 1.82) is 0 Å². The van der Waals surface area contributed by atoms with Crippen LogP contribution in [0, 0.1) is 11.7 Å². The molecule has 26 heavy (non-hydrogen) atoms. The second-order valence-electron chi connectivity index (χ2n) is 6.63. The average molecular weight is 397 g/mol. The lowest BCUT2D eigenvalue weighted by molar-refractivity contribution is 0.178. The number of likely N-dealkylation sites (tertiary alicyclic amines) is 1. The molecule has 0 saturated carbocycles. The number of nitrogens with one attached hydrogen (secondary N) is 1. The summed E-state index contributed by atoms with van der Waals surface area (Å²) in [5, 5.41) is -0.193. The summed E-state index contributed by atoms with van der Waals surface area (Å²) in [7, 11) is -3.68. The fraction of sp³-hybridized carbons (Fsp3) is 0.368. The average Bonchev–Trinajstić information content (AvgIpc) is 2.64. The van der Waals surface area contributed by atoms with Gasteiger partial charge in [0.15, 0.2) is 0 Å².